The fourth-order valence-electron chi connectivity index (χ4n) is 5.28. The van der Waals surface area contributed by atoms with E-state index in [1.807, 2.05) is 60.7 Å². The normalized spacial score (nSPS) is 17.3. The minimum Gasteiger partial charge on any atom is -0.493 e. The van der Waals surface area contributed by atoms with Crippen LogP contribution < -0.4 is 19.7 Å². The molecule has 0 unspecified atom stereocenters. The predicted molar refractivity (Wildman–Crippen MR) is 156 cm³/mol. The molecule has 2 aromatic carbocycles. The van der Waals surface area contributed by atoms with E-state index in [4.69, 9.17) is 14.2 Å². The summed E-state index contributed by atoms with van der Waals surface area (Å²) in [5.74, 6) is 0.921. The highest BCUT2D eigenvalue weighted by Gasteiger charge is 2.32. The Morgan fingerprint density at radius 2 is 1.90 bits per heavy atom. The second kappa shape index (κ2) is 14.0. The topological polar surface area (TPSA) is 93.2 Å². The maximum absolute atomic E-state index is 13.9. The van der Waals surface area contributed by atoms with Gasteiger partial charge in [0.05, 0.1) is 26.9 Å². The zero-order valence-electron chi connectivity index (χ0n) is 23.6. The molecule has 5 rings (SSSR count). The van der Waals surface area contributed by atoms with Gasteiger partial charge >= 0.3 is 0 Å². The van der Waals surface area contributed by atoms with Gasteiger partial charge in [-0.2, -0.15) is 0 Å². The molecule has 0 radical (unpaired) electrons. The first-order valence-corrected chi connectivity index (χ1v) is 14.3. The maximum atomic E-state index is 13.9. The SMILES string of the molecule is COc1cc(CN(C(=O)c2ccc(N3CCOCC3)cc2)[C@H]2CCCCNC2=O)ccc1OCCc1ccccn1. The van der Waals surface area contributed by atoms with Crippen LogP contribution in [0.15, 0.2) is 66.9 Å². The van der Waals surface area contributed by atoms with Gasteiger partial charge in [0.25, 0.3) is 5.91 Å². The van der Waals surface area contributed by atoms with Crippen molar-refractivity contribution in [2.75, 3.05) is 51.5 Å². The number of amides is 2. The summed E-state index contributed by atoms with van der Waals surface area (Å²) in [7, 11) is 1.60. The lowest BCUT2D eigenvalue weighted by atomic mass is 10.0. The second-order valence-corrected chi connectivity index (χ2v) is 10.3. The maximum Gasteiger partial charge on any atom is 0.254 e. The van der Waals surface area contributed by atoms with Gasteiger partial charge in [0, 0.05) is 55.7 Å². The van der Waals surface area contributed by atoms with E-state index in [9.17, 15) is 9.59 Å². The van der Waals surface area contributed by atoms with Crippen molar-refractivity contribution < 1.29 is 23.8 Å². The third-order valence-electron chi connectivity index (χ3n) is 7.56. The Kier molecular flexibility index (Phi) is 9.69. The fraction of sp³-hybridized carbons (Fsp3) is 0.406. The first kappa shape index (κ1) is 28.4. The van der Waals surface area contributed by atoms with E-state index in [-0.39, 0.29) is 18.4 Å². The van der Waals surface area contributed by atoms with E-state index in [1.54, 1.807) is 18.2 Å². The molecule has 2 saturated heterocycles. The first-order valence-electron chi connectivity index (χ1n) is 14.3. The molecule has 3 aromatic rings. The van der Waals surface area contributed by atoms with Crippen LogP contribution in [0.3, 0.4) is 0 Å². The van der Waals surface area contributed by atoms with Gasteiger partial charge in [-0.3, -0.25) is 14.6 Å². The number of hydrogen-bond acceptors (Lipinski definition) is 7. The number of carbonyl (C=O) groups is 2. The molecule has 1 aromatic heterocycles. The molecular formula is C32H38N4O5. The summed E-state index contributed by atoms with van der Waals surface area (Å²) >= 11 is 0. The molecule has 216 valence electrons. The third-order valence-corrected chi connectivity index (χ3v) is 7.56. The lowest BCUT2D eigenvalue weighted by Gasteiger charge is -2.31. The summed E-state index contributed by atoms with van der Waals surface area (Å²) in [6.07, 6.45) is 4.83. The van der Waals surface area contributed by atoms with Crippen molar-refractivity contribution in [2.45, 2.75) is 38.3 Å². The monoisotopic (exact) mass is 558 g/mol. The van der Waals surface area contributed by atoms with Crippen LogP contribution in [0.25, 0.3) is 0 Å². The van der Waals surface area contributed by atoms with Crippen LogP contribution in [0.2, 0.25) is 0 Å². The number of ether oxygens (including phenoxy) is 3. The van der Waals surface area contributed by atoms with E-state index in [0.29, 0.717) is 56.3 Å². The number of methoxy groups -OCH3 is 1. The smallest absolute Gasteiger partial charge is 0.254 e. The van der Waals surface area contributed by atoms with Crippen LogP contribution in [-0.4, -0.2) is 74.3 Å². The van der Waals surface area contributed by atoms with Gasteiger partial charge in [-0.1, -0.05) is 12.1 Å². The summed E-state index contributed by atoms with van der Waals surface area (Å²) in [5, 5.41) is 2.99. The van der Waals surface area contributed by atoms with Gasteiger partial charge in [-0.15, -0.1) is 0 Å². The van der Waals surface area contributed by atoms with Crippen molar-refractivity contribution >= 4 is 17.5 Å². The van der Waals surface area contributed by atoms with Gasteiger partial charge < -0.3 is 29.3 Å². The van der Waals surface area contributed by atoms with Crippen LogP contribution in [0.1, 0.15) is 40.9 Å². The highest BCUT2D eigenvalue weighted by molar-refractivity contribution is 5.98. The molecule has 0 spiro atoms. The number of nitrogens with zero attached hydrogens (tertiary/aromatic N) is 3. The average molecular weight is 559 g/mol. The molecule has 3 heterocycles. The van der Waals surface area contributed by atoms with Gasteiger partial charge in [-0.25, -0.2) is 0 Å². The summed E-state index contributed by atoms with van der Waals surface area (Å²) in [5.41, 5.74) is 3.43. The number of rotatable bonds is 10. The number of hydrogen-bond donors (Lipinski definition) is 1. The van der Waals surface area contributed by atoms with Crippen LogP contribution in [0.4, 0.5) is 5.69 Å². The summed E-state index contributed by atoms with van der Waals surface area (Å²) in [4.78, 5) is 35.3. The minimum absolute atomic E-state index is 0.109. The number of morpholine rings is 1. The van der Waals surface area contributed by atoms with Gasteiger partial charge in [0.15, 0.2) is 11.5 Å². The number of carbonyl (C=O) groups excluding carboxylic acids is 2. The van der Waals surface area contributed by atoms with E-state index >= 15 is 0 Å². The molecule has 0 saturated carbocycles. The highest BCUT2D eigenvalue weighted by atomic mass is 16.5. The highest BCUT2D eigenvalue weighted by Crippen LogP contribution is 2.30. The zero-order valence-corrected chi connectivity index (χ0v) is 23.6. The van der Waals surface area contributed by atoms with Gasteiger partial charge in [0.1, 0.15) is 6.04 Å². The molecule has 41 heavy (non-hydrogen) atoms. The van der Waals surface area contributed by atoms with Crippen molar-refractivity contribution in [2.24, 2.45) is 0 Å². The van der Waals surface area contributed by atoms with Crippen molar-refractivity contribution in [1.82, 2.24) is 15.2 Å². The number of pyridine rings is 1. The third kappa shape index (κ3) is 7.35. The number of nitrogens with one attached hydrogen (secondary N) is 1. The number of aromatic nitrogens is 1. The van der Waals surface area contributed by atoms with Crippen molar-refractivity contribution in [1.29, 1.82) is 0 Å². The summed E-state index contributed by atoms with van der Waals surface area (Å²) in [6, 6.07) is 18.6. The van der Waals surface area contributed by atoms with E-state index in [2.05, 4.69) is 15.2 Å². The molecule has 2 aliphatic heterocycles. The molecule has 9 heteroatoms. The molecule has 2 amide bonds. The van der Waals surface area contributed by atoms with Crippen molar-refractivity contribution in [3.63, 3.8) is 0 Å². The van der Waals surface area contributed by atoms with Gasteiger partial charge in [-0.05, 0) is 73.4 Å². The standard InChI is InChI=1S/C32H38N4O5/c1-39-30-22-24(8-13-29(30)41-19-14-26-6-2-4-15-33-26)23-36(28-7-3-5-16-34-31(28)37)32(38)25-9-11-27(12-10-25)35-17-20-40-21-18-35/h2,4,6,8-13,15,22,28H,3,5,7,14,16-21,23H2,1H3,(H,34,37)/t28-/m0/s1. The Morgan fingerprint density at radius 3 is 2.66 bits per heavy atom. The molecule has 2 fully saturated rings. The zero-order chi connectivity index (χ0) is 28.4. The number of benzene rings is 2. The summed E-state index contributed by atoms with van der Waals surface area (Å²) in [6.45, 7) is 4.40. The average Bonchev–Trinajstić information content (AvgIpc) is 3.25. The first-order chi connectivity index (χ1) is 20.1. The Bertz CT molecular complexity index is 1300. The molecule has 1 N–H and O–H groups in total. The Labute approximate surface area is 241 Å². The molecular weight excluding hydrogens is 520 g/mol. The summed E-state index contributed by atoms with van der Waals surface area (Å²) < 4.78 is 17.1. The van der Waals surface area contributed by atoms with Crippen LogP contribution in [0.5, 0.6) is 11.5 Å². The quantitative estimate of drug-likeness (QED) is 0.404. The lowest BCUT2D eigenvalue weighted by molar-refractivity contribution is -0.125. The number of anilines is 1. The van der Waals surface area contributed by atoms with Crippen molar-refractivity contribution in [3.8, 4) is 11.5 Å². The molecule has 1 atom stereocenters. The Balaban J connectivity index is 1.33. The molecule has 2 aliphatic rings. The lowest BCUT2D eigenvalue weighted by Crippen LogP contribution is -2.48. The predicted octanol–water partition coefficient (Wildman–Crippen LogP) is 3.86. The van der Waals surface area contributed by atoms with E-state index in [1.165, 1.54) is 0 Å². The van der Waals surface area contributed by atoms with E-state index < -0.39 is 6.04 Å². The second-order valence-electron chi connectivity index (χ2n) is 10.3. The van der Waals surface area contributed by atoms with Gasteiger partial charge in [0.2, 0.25) is 5.91 Å². The molecule has 0 bridgehead atoms. The van der Waals surface area contributed by atoms with Crippen LogP contribution >= 0.6 is 0 Å². The van der Waals surface area contributed by atoms with Crippen LogP contribution in [-0.2, 0) is 22.5 Å². The van der Waals surface area contributed by atoms with E-state index in [0.717, 1.165) is 42.9 Å². The fourth-order valence-corrected chi connectivity index (χ4v) is 5.28. The molecule has 9 nitrogen and oxygen atoms in total. The minimum atomic E-state index is -0.552. The van der Waals surface area contributed by atoms with Crippen LogP contribution in [0, 0.1) is 0 Å². The van der Waals surface area contributed by atoms with Crippen molar-refractivity contribution in [3.05, 3.63) is 83.7 Å². The molecule has 0 aliphatic carbocycles. The Morgan fingerprint density at radius 1 is 1.07 bits per heavy atom. The Hall–Kier alpha value is -4.11. The largest absolute Gasteiger partial charge is 0.493 e.